The topological polar surface area (TPSA) is 65.0 Å². The fourth-order valence-electron chi connectivity index (χ4n) is 1.29. The molecule has 17 heavy (non-hydrogen) atoms. The summed E-state index contributed by atoms with van der Waals surface area (Å²) in [6.45, 7) is 3.83. The third-order valence-electron chi connectivity index (χ3n) is 1.94. The number of rotatable bonds is 4. The van der Waals surface area contributed by atoms with Crippen molar-refractivity contribution in [3.05, 3.63) is 35.9 Å². The van der Waals surface area contributed by atoms with Gasteiger partial charge in [0.15, 0.2) is 0 Å². The van der Waals surface area contributed by atoms with E-state index in [4.69, 9.17) is 4.74 Å². The van der Waals surface area contributed by atoms with Crippen molar-refractivity contribution in [1.29, 1.82) is 0 Å². The van der Waals surface area contributed by atoms with Gasteiger partial charge in [0.1, 0.15) is 11.4 Å². The number of hydrogen-bond acceptors (Lipinski definition) is 6. The highest BCUT2D eigenvalue weighted by Gasteiger charge is 2.13. The maximum Gasteiger partial charge on any atom is 0.215 e. The molecule has 0 aliphatic carbocycles. The van der Waals surface area contributed by atoms with Crippen LogP contribution >= 0.6 is 11.7 Å². The van der Waals surface area contributed by atoms with Gasteiger partial charge in [0.2, 0.25) is 5.78 Å². The van der Waals surface area contributed by atoms with Crippen LogP contribution < -0.4 is 4.74 Å². The van der Waals surface area contributed by atoms with Gasteiger partial charge in [0.25, 0.3) is 0 Å². The number of hydrogen-bond donors (Lipinski definition) is 0. The van der Waals surface area contributed by atoms with Crippen LogP contribution in [0.25, 0.3) is 0 Å². The molecule has 2 rings (SSSR count). The Hall–Kier alpha value is -1.82. The van der Waals surface area contributed by atoms with Crippen LogP contribution in [0.4, 0.5) is 0 Å². The zero-order valence-electron chi connectivity index (χ0n) is 9.45. The number of pyridine rings is 1. The molecule has 2 aromatic rings. The maximum atomic E-state index is 12.0. The average Bonchev–Trinajstić information content (AvgIpc) is 2.81. The van der Waals surface area contributed by atoms with Crippen molar-refractivity contribution in [2.75, 3.05) is 0 Å². The number of aromatic nitrogens is 3. The molecule has 0 aromatic carbocycles. The van der Waals surface area contributed by atoms with Crippen molar-refractivity contribution in [3.8, 4) is 5.75 Å². The molecule has 6 heteroatoms. The van der Waals surface area contributed by atoms with Crippen LogP contribution in [0.2, 0.25) is 0 Å². The van der Waals surface area contributed by atoms with E-state index >= 15 is 0 Å². The lowest BCUT2D eigenvalue weighted by atomic mass is 10.1. The number of nitrogens with zero attached hydrogens (tertiary/aromatic N) is 3. The van der Waals surface area contributed by atoms with Crippen LogP contribution in [0.1, 0.15) is 29.9 Å². The van der Waals surface area contributed by atoms with E-state index in [0.717, 1.165) is 11.7 Å². The molecular formula is C11H11N3O2S. The molecular weight excluding hydrogens is 238 g/mol. The van der Waals surface area contributed by atoms with Gasteiger partial charge in [0.05, 0.1) is 30.2 Å². The quantitative estimate of drug-likeness (QED) is 0.775. The molecule has 0 atom stereocenters. The van der Waals surface area contributed by atoms with Crippen LogP contribution in [0.3, 0.4) is 0 Å². The molecule has 0 saturated carbocycles. The Balaban J connectivity index is 2.24. The SMILES string of the molecule is CC(C)Oc1cncc(C(=O)c2cnsn2)c1. The molecule has 0 fully saturated rings. The molecule has 88 valence electrons. The van der Waals surface area contributed by atoms with Crippen molar-refractivity contribution in [1.82, 2.24) is 13.7 Å². The lowest BCUT2D eigenvalue weighted by Gasteiger charge is -2.09. The van der Waals surface area contributed by atoms with E-state index in [9.17, 15) is 4.79 Å². The second-order valence-corrected chi connectivity index (χ2v) is 4.25. The Morgan fingerprint density at radius 3 is 2.82 bits per heavy atom. The summed E-state index contributed by atoms with van der Waals surface area (Å²) >= 11 is 1.00. The van der Waals surface area contributed by atoms with Gasteiger partial charge in [-0.25, -0.2) is 0 Å². The zero-order valence-corrected chi connectivity index (χ0v) is 10.3. The van der Waals surface area contributed by atoms with Crippen molar-refractivity contribution in [3.63, 3.8) is 0 Å². The van der Waals surface area contributed by atoms with Crippen LogP contribution in [-0.2, 0) is 0 Å². The van der Waals surface area contributed by atoms with Gasteiger partial charge >= 0.3 is 0 Å². The highest BCUT2D eigenvalue weighted by Crippen LogP contribution is 2.15. The molecule has 0 bridgehead atoms. The maximum absolute atomic E-state index is 12.0. The fraction of sp³-hybridized carbons (Fsp3) is 0.273. The highest BCUT2D eigenvalue weighted by molar-refractivity contribution is 6.99. The lowest BCUT2D eigenvalue weighted by molar-refractivity contribution is 0.103. The summed E-state index contributed by atoms with van der Waals surface area (Å²) in [5.41, 5.74) is 0.786. The molecule has 2 heterocycles. The average molecular weight is 249 g/mol. The van der Waals surface area contributed by atoms with E-state index in [1.807, 2.05) is 13.8 Å². The first kappa shape index (κ1) is 11.7. The summed E-state index contributed by atoms with van der Waals surface area (Å²) in [5.74, 6) is 0.384. The number of ketones is 1. The smallest absolute Gasteiger partial charge is 0.215 e. The molecule has 0 spiro atoms. The van der Waals surface area contributed by atoms with Crippen molar-refractivity contribution in [2.24, 2.45) is 0 Å². The summed E-state index contributed by atoms with van der Waals surface area (Å²) in [4.78, 5) is 15.9. The normalized spacial score (nSPS) is 10.5. The van der Waals surface area contributed by atoms with Gasteiger partial charge < -0.3 is 4.74 Å². The lowest BCUT2D eigenvalue weighted by Crippen LogP contribution is -2.08. The predicted molar refractivity (Wildman–Crippen MR) is 63.3 cm³/mol. The summed E-state index contributed by atoms with van der Waals surface area (Å²) < 4.78 is 13.2. The third kappa shape index (κ3) is 2.85. The van der Waals surface area contributed by atoms with Crippen LogP contribution in [0.5, 0.6) is 5.75 Å². The minimum absolute atomic E-state index is 0.0445. The molecule has 0 N–H and O–H groups in total. The van der Waals surface area contributed by atoms with Gasteiger partial charge in [-0.05, 0) is 19.9 Å². The van der Waals surface area contributed by atoms with Gasteiger partial charge in [-0.2, -0.15) is 8.75 Å². The molecule has 0 saturated heterocycles. The summed E-state index contributed by atoms with van der Waals surface area (Å²) in [6, 6.07) is 1.66. The van der Waals surface area contributed by atoms with Crippen molar-refractivity contribution >= 4 is 17.5 Å². The summed E-state index contributed by atoms with van der Waals surface area (Å²) in [7, 11) is 0. The minimum Gasteiger partial charge on any atom is -0.489 e. The Kier molecular flexibility index (Phi) is 3.43. The van der Waals surface area contributed by atoms with Gasteiger partial charge in [-0.1, -0.05) is 0 Å². The van der Waals surface area contributed by atoms with Gasteiger partial charge in [0, 0.05) is 11.8 Å². The Morgan fingerprint density at radius 1 is 1.35 bits per heavy atom. The molecule has 0 aliphatic rings. The third-order valence-corrected chi connectivity index (χ3v) is 2.42. The van der Waals surface area contributed by atoms with E-state index in [0.29, 0.717) is 17.0 Å². The van der Waals surface area contributed by atoms with Gasteiger partial charge in [-0.3, -0.25) is 9.78 Å². The first-order valence-electron chi connectivity index (χ1n) is 5.11. The zero-order chi connectivity index (χ0) is 12.3. The minimum atomic E-state index is -0.194. The first-order chi connectivity index (χ1) is 8.16. The van der Waals surface area contributed by atoms with Crippen LogP contribution in [-0.4, -0.2) is 25.6 Å². The van der Waals surface area contributed by atoms with E-state index in [1.54, 1.807) is 12.3 Å². The van der Waals surface area contributed by atoms with Crippen LogP contribution in [0, 0.1) is 0 Å². The van der Waals surface area contributed by atoms with Gasteiger partial charge in [-0.15, -0.1) is 0 Å². The van der Waals surface area contributed by atoms with E-state index in [2.05, 4.69) is 13.7 Å². The monoisotopic (exact) mass is 249 g/mol. The number of ether oxygens (including phenoxy) is 1. The Morgan fingerprint density at radius 2 is 2.18 bits per heavy atom. The Bertz CT molecular complexity index is 511. The molecule has 2 aromatic heterocycles. The summed E-state index contributed by atoms with van der Waals surface area (Å²) in [5, 5.41) is 0. The number of carbonyl (C=O) groups is 1. The summed E-state index contributed by atoms with van der Waals surface area (Å²) in [6.07, 6.45) is 4.57. The van der Waals surface area contributed by atoms with Crippen molar-refractivity contribution < 1.29 is 9.53 Å². The molecule has 0 aliphatic heterocycles. The fourth-order valence-corrected chi connectivity index (χ4v) is 1.70. The molecule has 0 amide bonds. The number of carbonyl (C=O) groups excluding carboxylic acids is 1. The van der Waals surface area contributed by atoms with Crippen LogP contribution in [0.15, 0.2) is 24.7 Å². The first-order valence-corrected chi connectivity index (χ1v) is 5.84. The molecule has 0 radical (unpaired) electrons. The largest absolute Gasteiger partial charge is 0.489 e. The molecule has 0 unspecified atom stereocenters. The highest BCUT2D eigenvalue weighted by atomic mass is 32.1. The second kappa shape index (κ2) is 5.01. The van der Waals surface area contributed by atoms with E-state index in [-0.39, 0.29) is 11.9 Å². The van der Waals surface area contributed by atoms with Crippen molar-refractivity contribution in [2.45, 2.75) is 20.0 Å². The van der Waals surface area contributed by atoms with E-state index < -0.39 is 0 Å². The molecule has 5 nitrogen and oxygen atoms in total. The second-order valence-electron chi connectivity index (χ2n) is 3.70. The Labute approximate surface area is 103 Å². The van der Waals surface area contributed by atoms with E-state index in [1.165, 1.54) is 12.4 Å². The predicted octanol–water partition coefficient (Wildman–Crippen LogP) is 1.95. The standard InChI is InChI=1S/C11H11N3O2S/c1-7(2)16-9-3-8(4-12-5-9)11(15)10-6-13-17-14-10/h3-7H,1-2H3.